The highest BCUT2D eigenvalue weighted by Gasteiger charge is 2.28. The molecule has 0 bridgehead atoms. The van der Waals surface area contributed by atoms with E-state index in [0.717, 1.165) is 18.4 Å². The fourth-order valence-electron chi connectivity index (χ4n) is 2.55. The maximum absolute atomic E-state index is 12.3. The second-order valence-electron chi connectivity index (χ2n) is 5.80. The summed E-state index contributed by atoms with van der Waals surface area (Å²) in [6.07, 6.45) is 2.71. The minimum absolute atomic E-state index is 0.264. The SMILES string of the molecule is CC(C)c1ccc(S(=O)(=O)NC2CCCCC2O)cc1. The molecule has 0 spiro atoms. The monoisotopic (exact) mass is 297 g/mol. The molecule has 0 aromatic heterocycles. The molecule has 0 amide bonds. The van der Waals surface area contributed by atoms with Crippen molar-refractivity contribution in [2.75, 3.05) is 0 Å². The Hall–Kier alpha value is -0.910. The number of sulfonamides is 1. The molecule has 112 valence electrons. The Morgan fingerprint density at radius 1 is 1.15 bits per heavy atom. The first-order valence-electron chi connectivity index (χ1n) is 7.20. The molecular weight excluding hydrogens is 274 g/mol. The summed E-state index contributed by atoms with van der Waals surface area (Å²) in [4.78, 5) is 0.264. The lowest BCUT2D eigenvalue weighted by Gasteiger charge is -2.28. The number of hydrogen-bond acceptors (Lipinski definition) is 3. The van der Waals surface area contributed by atoms with Crippen molar-refractivity contribution >= 4 is 10.0 Å². The lowest BCUT2D eigenvalue weighted by atomic mass is 9.93. The van der Waals surface area contributed by atoms with E-state index < -0.39 is 16.1 Å². The number of nitrogens with one attached hydrogen (secondary N) is 1. The van der Waals surface area contributed by atoms with E-state index >= 15 is 0 Å². The smallest absolute Gasteiger partial charge is 0.240 e. The van der Waals surface area contributed by atoms with Gasteiger partial charge in [0.05, 0.1) is 11.0 Å². The molecule has 1 aliphatic carbocycles. The molecule has 0 saturated heterocycles. The van der Waals surface area contributed by atoms with Gasteiger partial charge in [-0.2, -0.15) is 0 Å². The third-order valence-corrected chi connectivity index (χ3v) is 5.40. The van der Waals surface area contributed by atoms with Crippen molar-refractivity contribution in [1.82, 2.24) is 4.72 Å². The summed E-state index contributed by atoms with van der Waals surface area (Å²) >= 11 is 0. The fraction of sp³-hybridized carbons (Fsp3) is 0.600. The van der Waals surface area contributed by atoms with E-state index in [9.17, 15) is 13.5 Å². The van der Waals surface area contributed by atoms with Gasteiger partial charge in [0.1, 0.15) is 0 Å². The van der Waals surface area contributed by atoms with Crippen LogP contribution in [0.1, 0.15) is 51.0 Å². The molecule has 1 saturated carbocycles. The zero-order chi connectivity index (χ0) is 14.8. The lowest BCUT2D eigenvalue weighted by Crippen LogP contribution is -2.44. The summed E-state index contributed by atoms with van der Waals surface area (Å²) in [5.41, 5.74) is 1.11. The molecule has 1 aliphatic rings. The van der Waals surface area contributed by atoms with Crippen LogP contribution < -0.4 is 4.72 Å². The van der Waals surface area contributed by atoms with Gasteiger partial charge in [-0.1, -0.05) is 38.8 Å². The van der Waals surface area contributed by atoms with E-state index in [2.05, 4.69) is 18.6 Å². The van der Waals surface area contributed by atoms with E-state index in [1.807, 2.05) is 12.1 Å². The van der Waals surface area contributed by atoms with Crippen LogP contribution in [-0.2, 0) is 10.0 Å². The number of hydrogen-bond donors (Lipinski definition) is 2. The predicted molar refractivity (Wildman–Crippen MR) is 79.1 cm³/mol. The highest BCUT2D eigenvalue weighted by molar-refractivity contribution is 7.89. The van der Waals surface area contributed by atoms with Gasteiger partial charge in [-0.25, -0.2) is 13.1 Å². The van der Waals surface area contributed by atoms with Crippen LogP contribution in [0.4, 0.5) is 0 Å². The quantitative estimate of drug-likeness (QED) is 0.897. The van der Waals surface area contributed by atoms with E-state index in [0.29, 0.717) is 18.8 Å². The molecule has 2 N–H and O–H groups in total. The molecule has 1 fully saturated rings. The fourth-order valence-corrected chi connectivity index (χ4v) is 3.85. The number of aliphatic hydroxyl groups excluding tert-OH is 1. The number of rotatable bonds is 4. The van der Waals surface area contributed by atoms with Crippen LogP contribution in [0.25, 0.3) is 0 Å². The first kappa shape index (κ1) is 15.5. The van der Waals surface area contributed by atoms with E-state index in [1.54, 1.807) is 12.1 Å². The van der Waals surface area contributed by atoms with Gasteiger partial charge >= 0.3 is 0 Å². The maximum atomic E-state index is 12.3. The zero-order valence-electron chi connectivity index (χ0n) is 12.0. The minimum atomic E-state index is -3.55. The Balaban J connectivity index is 2.13. The van der Waals surface area contributed by atoms with Crippen LogP contribution in [0, 0.1) is 0 Å². The Morgan fingerprint density at radius 2 is 1.75 bits per heavy atom. The summed E-state index contributed by atoms with van der Waals surface area (Å²) in [6, 6.07) is 6.59. The highest BCUT2D eigenvalue weighted by Crippen LogP contribution is 2.22. The molecule has 0 radical (unpaired) electrons. The molecule has 0 aliphatic heterocycles. The summed E-state index contributed by atoms with van der Waals surface area (Å²) in [5, 5.41) is 9.87. The molecule has 2 unspecified atom stereocenters. The normalized spacial score (nSPS) is 24.0. The summed E-state index contributed by atoms with van der Waals surface area (Å²) in [5.74, 6) is 0.375. The van der Waals surface area contributed by atoms with Crippen LogP contribution in [0.2, 0.25) is 0 Å². The van der Waals surface area contributed by atoms with Gasteiger partial charge in [-0.05, 0) is 36.5 Å². The molecular formula is C15H23NO3S. The van der Waals surface area contributed by atoms with Crippen molar-refractivity contribution in [2.24, 2.45) is 0 Å². The van der Waals surface area contributed by atoms with Crippen LogP contribution in [0.15, 0.2) is 29.2 Å². The Kier molecular flexibility index (Phi) is 4.83. The van der Waals surface area contributed by atoms with Gasteiger partial charge in [0.2, 0.25) is 10.0 Å². The predicted octanol–water partition coefficient (Wildman–Crippen LogP) is 2.39. The molecule has 5 heteroatoms. The van der Waals surface area contributed by atoms with Crippen molar-refractivity contribution in [2.45, 2.75) is 62.5 Å². The standard InChI is InChI=1S/C15H23NO3S/c1-11(2)12-7-9-13(10-8-12)20(18,19)16-14-5-3-4-6-15(14)17/h7-11,14-17H,3-6H2,1-2H3. The Bertz CT molecular complexity index is 537. The van der Waals surface area contributed by atoms with Gasteiger partial charge in [0.15, 0.2) is 0 Å². The summed E-state index contributed by atoms with van der Waals surface area (Å²) in [6.45, 7) is 4.14. The Labute approximate surface area is 121 Å². The van der Waals surface area contributed by atoms with Crippen LogP contribution >= 0.6 is 0 Å². The third-order valence-electron chi connectivity index (χ3n) is 3.89. The van der Waals surface area contributed by atoms with Crippen molar-refractivity contribution in [3.63, 3.8) is 0 Å². The summed E-state index contributed by atoms with van der Waals surface area (Å²) < 4.78 is 27.2. The van der Waals surface area contributed by atoms with Crippen LogP contribution in [-0.4, -0.2) is 25.7 Å². The second-order valence-corrected chi connectivity index (χ2v) is 7.52. The van der Waals surface area contributed by atoms with E-state index in [4.69, 9.17) is 0 Å². The van der Waals surface area contributed by atoms with Crippen molar-refractivity contribution < 1.29 is 13.5 Å². The van der Waals surface area contributed by atoms with Crippen LogP contribution in [0.5, 0.6) is 0 Å². The Morgan fingerprint density at radius 3 is 2.30 bits per heavy atom. The summed E-state index contributed by atoms with van der Waals surface area (Å²) in [7, 11) is -3.55. The lowest BCUT2D eigenvalue weighted by molar-refractivity contribution is 0.101. The zero-order valence-corrected chi connectivity index (χ0v) is 12.9. The molecule has 1 aromatic carbocycles. The third kappa shape index (κ3) is 3.59. The van der Waals surface area contributed by atoms with Crippen molar-refractivity contribution in [3.8, 4) is 0 Å². The molecule has 0 heterocycles. The van der Waals surface area contributed by atoms with Gasteiger partial charge in [-0.15, -0.1) is 0 Å². The first-order chi connectivity index (χ1) is 9.40. The van der Waals surface area contributed by atoms with Gasteiger partial charge in [0.25, 0.3) is 0 Å². The molecule has 4 nitrogen and oxygen atoms in total. The molecule has 2 rings (SSSR count). The van der Waals surface area contributed by atoms with E-state index in [1.165, 1.54) is 0 Å². The van der Waals surface area contributed by atoms with Crippen molar-refractivity contribution in [1.29, 1.82) is 0 Å². The average Bonchev–Trinajstić information content (AvgIpc) is 2.41. The van der Waals surface area contributed by atoms with E-state index in [-0.39, 0.29) is 10.9 Å². The molecule has 2 atom stereocenters. The van der Waals surface area contributed by atoms with Crippen molar-refractivity contribution in [3.05, 3.63) is 29.8 Å². The number of benzene rings is 1. The molecule has 1 aromatic rings. The van der Waals surface area contributed by atoms with Gasteiger partial charge in [-0.3, -0.25) is 0 Å². The maximum Gasteiger partial charge on any atom is 0.240 e. The number of aliphatic hydroxyl groups is 1. The minimum Gasteiger partial charge on any atom is -0.391 e. The molecule has 20 heavy (non-hydrogen) atoms. The second kappa shape index (κ2) is 6.24. The topological polar surface area (TPSA) is 66.4 Å². The largest absolute Gasteiger partial charge is 0.391 e. The highest BCUT2D eigenvalue weighted by atomic mass is 32.2. The van der Waals surface area contributed by atoms with Gasteiger partial charge in [0, 0.05) is 6.04 Å². The van der Waals surface area contributed by atoms with Crippen LogP contribution in [0.3, 0.4) is 0 Å². The first-order valence-corrected chi connectivity index (χ1v) is 8.69. The van der Waals surface area contributed by atoms with Gasteiger partial charge < -0.3 is 5.11 Å². The average molecular weight is 297 g/mol.